The summed E-state index contributed by atoms with van der Waals surface area (Å²) in [6.45, 7) is 9.37. The van der Waals surface area contributed by atoms with Crippen molar-refractivity contribution in [3.63, 3.8) is 0 Å². The molecule has 0 radical (unpaired) electrons. The number of nitrogens with two attached hydrogens (primary N) is 1. The minimum absolute atomic E-state index is 0.0179. The molecule has 0 aliphatic heterocycles. The van der Waals surface area contributed by atoms with Crippen molar-refractivity contribution in [2.45, 2.75) is 20.3 Å². The molecule has 1 aromatic rings. The predicted octanol–water partition coefficient (Wildman–Crippen LogP) is 1.52. The maximum atomic E-state index is 12.0. The Hall–Kier alpha value is -1.59. The van der Waals surface area contributed by atoms with E-state index < -0.39 is 0 Å². The molecule has 0 spiro atoms. The van der Waals surface area contributed by atoms with Gasteiger partial charge >= 0.3 is 0 Å². The number of nitrogens with zero attached hydrogens (tertiary/aromatic N) is 1. The standard InChI is InChI=1S/C16H28N4O/c1-3-20(4-2)13-12-19-16(21)14-6-8-15(9-7-14)18-11-5-10-17/h6-9,18H,3-5,10-13,17H2,1-2H3,(H,19,21). The van der Waals surface area contributed by atoms with Crippen LogP contribution in [0.1, 0.15) is 30.6 Å². The first kappa shape index (κ1) is 17.5. The molecule has 0 aliphatic carbocycles. The Morgan fingerprint density at radius 2 is 1.81 bits per heavy atom. The van der Waals surface area contributed by atoms with Crippen molar-refractivity contribution in [2.75, 3.05) is 44.6 Å². The van der Waals surface area contributed by atoms with Crippen molar-refractivity contribution < 1.29 is 4.79 Å². The number of carbonyl (C=O) groups excluding carboxylic acids is 1. The molecule has 1 rings (SSSR count). The van der Waals surface area contributed by atoms with Gasteiger partial charge in [0.15, 0.2) is 0 Å². The average molecular weight is 292 g/mol. The highest BCUT2D eigenvalue weighted by Gasteiger charge is 2.05. The number of benzene rings is 1. The first-order chi connectivity index (χ1) is 10.2. The number of hydrogen-bond donors (Lipinski definition) is 3. The first-order valence-corrected chi connectivity index (χ1v) is 7.75. The van der Waals surface area contributed by atoms with E-state index in [-0.39, 0.29) is 5.91 Å². The quantitative estimate of drug-likeness (QED) is 0.572. The first-order valence-electron chi connectivity index (χ1n) is 7.75. The second-order valence-electron chi connectivity index (χ2n) is 4.93. The summed E-state index contributed by atoms with van der Waals surface area (Å²) in [7, 11) is 0. The number of rotatable bonds is 10. The van der Waals surface area contributed by atoms with Crippen LogP contribution in [0.25, 0.3) is 0 Å². The molecule has 118 valence electrons. The summed E-state index contributed by atoms with van der Waals surface area (Å²) in [5, 5.41) is 6.22. The zero-order valence-corrected chi connectivity index (χ0v) is 13.2. The topological polar surface area (TPSA) is 70.4 Å². The molecule has 4 N–H and O–H groups in total. The molecule has 1 aromatic carbocycles. The normalized spacial score (nSPS) is 10.7. The molecule has 0 saturated heterocycles. The van der Waals surface area contributed by atoms with Gasteiger partial charge in [0.05, 0.1) is 0 Å². The van der Waals surface area contributed by atoms with Gasteiger partial charge in [-0.1, -0.05) is 13.8 Å². The van der Waals surface area contributed by atoms with E-state index in [0.717, 1.165) is 38.3 Å². The summed E-state index contributed by atoms with van der Waals surface area (Å²) < 4.78 is 0. The largest absolute Gasteiger partial charge is 0.385 e. The smallest absolute Gasteiger partial charge is 0.251 e. The van der Waals surface area contributed by atoms with E-state index in [2.05, 4.69) is 29.4 Å². The van der Waals surface area contributed by atoms with Crippen LogP contribution in [0, 0.1) is 0 Å². The third-order valence-corrected chi connectivity index (χ3v) is 3.47. The Morgan fingerprint density at radius 1 is 1.14 bits per heavy atom. The minimum atomic E-state index is -0.0179. The Kier molecular flexibility index (Phi) is 8.47. The molecule has 0 aromatic heterocycles. The number of anilines is 1. The van der Waals surface area contributed by atoms with Crippen molar-refractivity contribution >= 4 is 11.6 Å². The number of carbonyl (C=O) groups is 1. The SMILES string of the molecule is CCN(CC)CCNC(=O)c1ccc(NCCCN)cc1. The fourth-order valence-corrected chi connectivity index (χ4v) is 2.04. The van der Waals surface area contributed by atoms with Gasteiger partial charge in [-0.2, -0.15) is 0 Å². The number of amides is 1. The van der Waals surface area contributed by atoms with Gasteiger partial charge in [0.25, 0.3) is 5.91 Å². The fraction of sp³-hybridized carbons (Fsp3) is 0.562. The minimum Gasteiger partial charge on any atom is -0.385 e. The number of hydrogen-bond acceptors (Lipinski definition) is 4. The maximum Gasteiger partial charge on any atom is 0.251 e. The number of nitrogens with one attached hydrogen (secondary N) is 2. The third kappa shape index (κ3) is 6.60. The summed E-state index contributed by atoms with van der Waals surface area (Å²) >= 11 is 0. The Balaban J connectivity index is 2.37. The van der Waals surface area contributed by atoms with E-state index in [4.69, 9.17) is 5.73 Å². The van der Waals surface area contributed by atoms with Crippen LogP contribution in [0.4, 0.5) is 5.69 Å². The highest BCUT2D eigenvalue weighted by Crippen LogP contribution is 2.09. The fourth-order valence-electron chi connectivity index (χ4n) is 2.04. The summed E-state index contributed by atoms with van der Waals surface area (Å²) in [6, 6.07) is 7.54. The maximum absolute atomic E-state index is 12.0. The Morgan fingerprint density at radius 3 is 2.38 bits per heavy atom. The second-order valence-corrected chi connectivity index (χ2v) is 4.93. The van der Waals surface area contributed by atoms with Crippen LogP contribution in [0.5, 0.6) is 0 Å². The van der Waals surface area contributed by atoms with Crippen LogP contribution < -0.4 is 16.4 Å². The highest BCUT2D eigenvalue weighted by molar-refractivity contribution is 5.94. The van der Waals surface area contributed by atoms with Crippen LogP contribution in [-0.4, -0.2) is 50.1 Å². The van der Waals surface area contributed by atoms with Gasteiger partial charge in [0.1, 0.15) is 0 Å². The van der Waals surface area contributed by atoms with Crippen molar-refractivity contribution in [3.05, 3.63) is 29.8 Å². The average Bonchev–Trinajstić information content (AvgIpc) is 2.52. The van der Waals surface area contributed by atoms with E-state index in [1.54, 1.807) is 0 Å². The zero-order chi connectivity index (χ0) is 15.5. The van der Waals surface area contributed by atoms with E-state index in [1.807, 2.05) is 24.3 Å². The van der Waals surface area contributed by atoms with Crippen LogP contribution in [0.3, 0.4) is 0 Å². The summed E-state index contributed by atoms with van der Waals surface area (Å²) in [4.78, 5) is 14.3. The molecule has 0 bridgehead atoms. The van der Waals surface area contributed by atoms with Gasteiger partial charge in [-0.25, -0.2) is 0 Å². The van der Waals surface area contributed by atoms with Gasteiger partial charge in [-0.15, -0.1) is 0 Å². The summed E-state index contributed by atoms with van der Waals surface area (Å²) in [5.41, 5.74) is 7.16. The Labute approximate surface area is 127 Å². The predicted molar refractivity (Wildman–Crippen MR) is 88.7 cm³/mol. The molecule has 0 saturated carbocycles. The lowest BCUT2D eigenvalue weighted by atomic mass is 10.2. The van der Waals surface area contributed by atoms with Gasteiger partial charge in [-0.05, 0) is 50.3 Å². The van der Waals surface area contributed by atoms with E-state index in [0.29, 0.717) is 18.7 Å². The van der Waals surface area contributed by atoms with E-state index >= 15 is 0 Å². The molecule has 5 heteroatoms. The van der Waals surface area contributed by atoms with Gasteiger partial charge in [-0.3, -0.25) is 4.79 Å². The second kappa shape index (κ2) is 10.2. The lowest BCUT2D eigenvalue weighted by Crippen LogP contribution is -2.34. The summed E-state index contributed by atoms with van der Waals surface area (Å²) in [6.07, 6.45) is 0.938. The van der Waals surface area contributed by atoms with Crippen molar-refractivity contribution in [1.82, 2.24) is 10.2 Å². The van der Waals surface area contributed by atoms with Crippen LogP contribution in [-0.2, 0) is 0 Å². The lowest BCUT2D eigenvalue weighted by Gasteiger charge is -2.18. The lowest BCUT2D eigenvalue weighted by molar-refractivity contribution is 0.0949. The van der Waals surface area contributed by atoms with Crippen LogP contribution >= 0.6 is 0 Å². The highest BCUT2D eigenvalue weighted by atomic mass is 16.1. The van der Waals surface area contributed by atoms with Crippen molar-refractivity contribution in [2.24, 2.45) is 5.73 Å². The van der Waals surface area contributed by atoms with E-state index in [9.17, 15) is 4.79 Å². The molecule has 1 amide bonds. The molecule has 0 aliphatic rings. The van der Waals surface area contributed by atoms with Gasteiger partial charge in [0, 0.05) is 30.9 Å². The third-order valence-electron chi connectivity index (χ3n) is 3.47. The number of likely N-dealkylation sites (N-methyl/N-ethyl adjacent to an activating group) is 1. The molecule has 0 atom stereocenters. The van der Waals surface area contributed by atoms with Gasteiger partial charge < -0.3 is 21.3 Å². The van der Waals surface area contributed by atoms with E-state index in [1.165, 1.54) is 0 Å². The van der Waals surface area contributed by atoms with Crippen molar-refractivity contribution in [3.8, 4) is 0 Å². The molecular weight excluding hydrogens is 264 g/mol. The van der Waals surface area contributed by atoms with Crippen molar-refractivity contribution in [1.29, 1.82) is 0 Å². The Bertz CT molecular complexity index is 401. The van der Waals surface area contributed by atoms with Gasteiger partial charge in [0.2, 0.25) is 0 Å². The molecule has 21 heavy (non-hydrogen) atoms. The molecule has 0 unspecified atom stereocenters. The van der Waals surface area contributed by atoms with Crippen LogP contribution in [0.15, 0.2) is 24.3 Å². The monoisotopic (exact) mass is 292 g/mol. The summed E-state index contributed by atoms with van der Waals surface area (Å²) in [5.74, 6) is -0.0179. The zero-order valence-electron chi connectivity index (χ0n) is 13.2. The molecule has 0 heterocycles. The molecule has 0 fully saturated rings. The van der Waals surface area contributed by atoms with Crippen LogP contribution in [0.2, 0.25) is 0 Å². The molecule has 5 nitrogen and oxygen atoms in total. The molecular formula is C16H28N4O.